The summed E-state index contributed by atoms with van der Waals surface area (Å²) < 4.78 is 19.7. The second-order valence-electron chi connectivity index (χ2n) is 4.15. The van der Waals surface area contributed by atoms with Gasteiger partial charge in [-0.25, -0.2) is 4.39 Å². The normalized spacial score (nSPS) is 10.8. The molecule has 0 radical (unpaired) electrons. The van der Waals surface area contributed by atoms with Crippen LogP contribution in [0.4, 0.5) is 10.3 Å². The average Bonchev–Trinajstić information content (AvgIpc) is 2.97. The van der Waals surface area contributed by atoms with Crippen LogP contribution in [0.15, 0.2) is 41.1 Å². The molecule has 0 unspecified atom stereocenters. The van der Waals surface area contributed by atoms with E-state index < -0.39 is 0 Å². The minimum Gasteiger partial charge on any atom is -0.367 e. The summed E-state index contributed by atoms with van der Waals surface area (Å²) in [6.07, 6.45) is 1.80. The summed E-state index contributed by atoms with van der Waals surface area (Å²) in [4.78, 5) is 0. The van der Waals surface area contributed by atoms with Crippen molar-refractivity contribution in [2.45, 2.75) is 0 Å². The maximum Gasteiger partial charge on any atom is 0.230 e. The number of hydrogen-bond acceptors (Lipinski definition) is 4. The molecule has 5 nitrogen and oxygen atoms in total. The SMILES string of the molecule is Cn1ccc(-c2noc(N)c2-c2ccc(F)cc2)n1. The molecular weight excluding hydrogens is 247 g/mol. The molecule has 2 aromatic heterocycles. The van der Waals surface area contributed by atoms with Crippen LogP contribution in [0.25, 0.3) is 22.5 Å². The van der Waals surface area contributed by atoms with Gasteiger partial charge in [-0.2, -0.15) is 5.10 Å². The first-order valence-electron chi connectivity index (χ1n) is 5.66. The summed E-state index contributed by atoms with van der Waals surface area (Å²) in [5, 5.41) is 8.19. The van der Waals surface area contributed by atoms with Crippen LogP contribution in [0.1, 0.15) is 0 Å². The van der Waals surface area contributed by atoms with Crippen molar-refractivity contribution >= 4 is 5.88 Å². The molecule has 3 aromatic rings. The number of nitrogens with two attached hydrogens (primary N) is 1. The zero-order chi connectivity index (χ0) is 13.4. The largest absolute Gasteiger partial charge is 0.367 e. The number of hydrogen-bond donors (Lipinski definition) is 1. The van der Waals surface area contributed by atoms with Gasteiger partial charge in [0.05, 0.1) is 5.56 Å². The van der Waals surface area contributed by atoms with E-state index in [1.54, 1.807) is 23.0 Å². The summed E-state index contributed by atoms with van der Waals surface area (Å²) in [5.41, 5.74) is 8.36. The lowest BCUT2D eigenvalue weighted by atomic mass is 10.0. The topological polar surface area (TPSA) is 69.9 Å². The van der Waals surface area contributed by atoms with Gasteiger partial charge in [0, 0.05) is 13.2 Å². The molecule has 0 saturated carbocycles. The minimum absolute atomic E-state index is 0.187. The maximum absolute atomic E-state index is 13.0. The van der Waals surface area contributed by atoms with Crippen LogP contribution < -0.4 is 5.73 Å². The lowest BCUT2D eigenvalue weighted by Crippen LogP contribution is -1.91. The Hall–Kier alpha value is -2.63. The number of benzene rings is 1. The molecule has 0 bridgehead atoms. The van der Waals surface area contributed by atoms with Gasteiger partial charge < -0.3 is 10.3 Å². The van der Waals surface area contributed by atoms with Gasteiger partial charge in [0.2, 0.25) is 5.88 Å². The molecule has 0 amide bonds. The van der Waals surface area contributed by atoms with E-state index in [1.807, 2.05) is 13.1 Å². The highest BCUT2D eigenvalue weighted by atomic mass is 19.1. The quantitative estimate of drug-likeness (QED) is 0.766. The highest BCUT2D eigenvalue weighted by Crippen LogP contribution is 2.35. The molecule has 2 heterocycles. The van der Waals surface area contributed by atoms with Crippen molar-refractivity contribution in [3.05, 3.63) is 42.3 Å². The van der Waals surface area contributed by atoms with E-state index in [4.69, 9.17) is 10.3 Å². The van der Waals surface area contributed by atoms with Crippen molar-refractivity contribution in [1.29, 1.82) is 0 Å². The Bertz CT molecular complexity index is 715. The van der Waals surface area contributed by atoms with Gasteiger partial charge in [-0.1, -0.05) is 17.3 Å². The molecule has 1 aromatic carbocycles. The van der Waals surface area contributed by atoms with Gasteiger partial charge in [-0.05, 0) is 23.8 Å². The molecular formula is C13H11FN4O. The van der Waals surface area contributed by atoms with Crippen molar-refractivity contribution in [3.63, 3.8) is 0 Å². The fraction of sp³-hybridized carbons (Fsp3) is 0.0769. The Balaban J connectivity index is 2.16. The van der Waals surface area contributed by atoms with Crippen molar-refractivity contribution < 1.29 is 8.91 Å². The number of nitrogen functional groups attached to an aromatic ring is 1. The number of halogens is 1. The number of rotatable bonds is 2. The molecule has 0 aliphatic heterocycles. The Kier molecular flexibility index (Phi) is 2.56. The van der Waals surface area contributed by atoms with Crippen molar-refractivity contribution in [2.24, 2.45) is 7.05 Å². The lowest BCUT2D eigenvalue weighted by molar-refractivity contribution is 0.439. The average molecular weight is 258 g/mol. The third-order valence-corrected chi connectivity index (χ3v) is 2.81. The van der Waals surface area contributed by atoms with Gasteiger partial charge in [-0.3, -0.25) is 4.68 Å². The van der Waals surface area contributed by atoms with Crippen molar-refractivity contribution in [1.82, 2.24) is 14.9 Å². The molecule has 96 valence electrons. The molecule has 0 spiro atoms. The molecule has 3 rings (SSSR count). The number of aryl methyl sites for hydroxylation is 1. The van der Waals surface area contributed by atoms with Crippen LogP contribution in [0.3, 0.4) is 0 Å². The van der Waals surface area contributed by atoms with Crippen LogP contribution in [0.2, 0.25) is 0 Å². The van der Waals surface area contributed by atoms with Crippen LogP contribution in [0.5, 0.6) is 0 Å². The number of aromatic nitrogens is 3. The molecule has 0 aliphatic carbocycles. The summed E-state index contributed by atoms with van der Waals surface area (Å²) in [6.45, 7) is 0. The lowest BCUT2D eigenvalue weighted by Gasteiger charge is -2.00. The van der Waals surface area contributed by atoms with E-state index in [2.05, 4.69) is 10.3 Å². The predicted molar refractivity (Wildman–Crippen MR) is 68.5 cm³/mol. The molecule has 0 saturated heterocycles. The smallest absolute Gasteiger partial charge is 0.230 e. The van der Waals surface area contributed by atoms with Gasteiger partial charge in [0.1, 0.15) is 17.2 Å². The third kappa shape index (κ3) is 1.97. The summed E-state index contributed by atoms with van der Waals surface area (Å²) >= 11 is 0. The monoisotopic (exact) mass is 258 g/mol. The van der Waals surface area contributed by atoms with Crippen molar-refractivity contribution in [3.8, 4) is 22.5 Å². The second-order valence-corrected chi connectivity index (χ2v) is 4.15. The molecule has 0 atom stereocenters. The first-order chi connectivity index (χ1) is 9.15. The fourth-order valence-corrected chi connectivity index (χ4v) is 1.91. The Labute approximate surface area is 108 Å². The zero-order valence-corrected chi connectivity index (χ0v) is 10.2. The van der Waals surface area contributed by atoms with Gasteiger partial charge in [0.25, 0.3) is 0 Å². The van der Waals surface area contributed by atoms with E-state index >= 15 is 0 Å². The van der Waals surface area contributed by atoms with Crippen LogP contribution in [0, 0.1) is 5.82 Å². The van der Waals surface area contributed by atoms with Gasteiger partial charge in [-0.15, -0.1) is 0 Å². The summed E-state index contributed by atoms with van der Waals surface area (Å²) in [7, 11) is 1.81. The number of nitrogens with zero attached hydrogens (tertiary/aromatic N) is 3. The Morgan fingerprint density at radius 1 is 1.21 bits per heavy atom. The molecule has 6 heteroatoms. The first kappa shape index (κ1) is 11.5. The van der Waals surface area contributed by atoms with Crippen molar-refractivity contribution in [2.75, 3.05) is 5.73 Å². The molecule has 0 aliphatic rings. The van der Waals surface area contributed by atoms with E-state index in [1.165, 1.54) is 12.1 Å². The fourth-order valence-electron chi connectivity index (χ4n) is 1.91. The van der Waals surface area contributed by atoms with Crippen LogP contribution in [-0.4, -0.2) is 14.9 Å². The van der Waals surface area contributed by atoms with E-state index in [9.17, 15) is 4.39 Å². The third-order valence-electron chi connectivity index (χ3n) is 2.81. The zero-order valence-electron chi connectivity index (χ0n) is 10.2. The van der Waals surface area contributed by atoms with Crippen LogP contribution >= 0.6 is 0 Å². The van der Waals surface area contributed by atoms with Crippen LogP contribution in [-0.2, 0) is 7.05 Å². The Morgan fingerprint density at radius 3 is 2.58 bits per heavy atom. The second kappa shape index (κ2) is 4.24. The molecule has 2 N–H and O–H groups in total. The number of anilines is 1. The molecule has 0 fully saturated rings. The summed E-state index contributed by atoms with van der Waals surface area (Å²) in [5.74, 6) is -0.120. The summed E-state index contributed by atoms with van der Waals surface area (Å²) in [6, 6.07) is 7.80. The minimum atomic E-state index is -0.307. The maximum atomic E-state index is 13.0. The van der Waals surface area contributed by atoms with E-state index in [0.29, 0.717) is 17.0 Å². The standard InChI is InChI=1S/C13H11FN4O/c1-18-7-6-10(16-18)12-11(13(15)19-17-12)8-2-4-9(14)5-3-8/h2-7H,15H2,1H3. The van der Waals surface area contributed by atoms with E-state index in [-0.39, 0.29) is 11.7 Å². The highest BCUT2D eigenvalue weighted by Gasteiger charge is 2.19. The highest BCUT2D eigenvalue weighted by molar-refractivity contribution is 5.85. The van der Waals surface area contributed by atoms with E-state index in [0.717, 1.165) is 5.56 Å². The molecule has 19 heavy (non-hydrogen) atoms. The Morgan fingerprint density at radius 2 is 1.95 bits per heavy atom. The van der Waals surface area contributed by atoms with Gasteiger partial charge >= 0.3 is 0 Å². The first-order valence-corrected chi connectivity index (χ1v) is 5.66. The predicted octanol–water partition coefficient (Wildman–Crippen LogP) is 2.46. The van der Waals surface area contributed by atoms with Gasteiger partial charge in [0.15, 0.2) is 0 Å².